The van der Waals surface area contributed by atoms with E-state index in [-0.39, 0.29) is 12.1 Å². The molecule has 0 radical (unpaired) electrons. The number of benzene rings is 1. The van der Waals surface area contributed by atoms with Crippen LogP contribution in [0.5, 0.6) is 0 Å². The molecule has 8 heteroatoms. The fraction of sp³-hybridized carbons (Fsp3) is 0.474. The van der Waals surface area contributed by atoms with E-state index < -0.39 is 0 Å². The molecule has 0 aliphatic carbocycles. The summed E-state index contributed by atoms with van der Waals surface area (Å²) in [6, 6.07) is 10.2. The maximum absolute atomic E-state index is 9.92. The molecule has 1 atom stereocenters. The van der Waals surface area contributed by atoms with Gasteiger partial charge in [-0.25, -0.2) is 4.68 Å². The molecule has 142 valence electrons. The predicted molar refractivity (Wildman–Crippen MR) is 100 cm³/mol. The molecule has 1 aliphatic rings. The van der Waals surface area contributed by atoms with Crippen LogP contribution in [0.25, 0.3) is 10.9 Å². The van der Waals surface area contributed by atoms with E-state index in [1.165, 1.54) is 0 Å². The van der Waals surface area contributed by atoms with Gasteiger partial charge in [-0.2, -0.15) is 0 Å². The zero-order valence-corrected chi connectivity index (χ0v) is 15.4. The third-order valence-electron chi connectivity index (χ3n) is 5.12. The molecule has 1 N–H and O–H groups in total. The van der Waals surface area contributed by atoms with Crippen LogP contribution in [0.15, 0.2) is 36.5 Å². The molecule has 4 rings (SSSR count). The molecule has 1 unspecified atom stereocenters. The highest BCUT2D eigenvalue weighted by Crippen LogP contribution is 2.31. The monoisotopic (exact) mass is 368 g/mol. The number of ether oxygens (including phenoxy) is 1. The molecule has 0 bridgehead atoms. The molecule has 3 heterocycles. The van der Waals surface area contributed by atoms with Crippen LogP contribution in [0, 0.1) is 0 Å². The van der Waals surface area contributed by atoms with Gasteiger partial charge in [0.15, 0.2) is 5.82 Å². The highest BCUT2D eigenvalue weighted by molar-refractivity contribution is 5.79. The topological polar surface area (TPSA) is 89.2 Å². The Morgan fingerprint density at radius 3 is 2.93 bits per heavy atom. The van der Waals surface area contributed by atoms with Crippen molar-refractivity contribution in [2.45, 2.75) is 31.5 Å². The summed E-state index contributed by atoms with van der Waals surface area (Å²) >= 11 is 0. The van der Waals surface area contributed by atoms with Gasteiger partial charge >= 0.3 is 0 Å². The minimum Gasteiger partial charge on any atom is -0.393 e. The minimum absolute atomic E-state index is 0.0750. The van der Waals surface area contributed by atoms with Crippen molar-refractivity contribution in [2.24, 2.45) is 0 Å². The van der Waals surface area contributed by atoms with Gasteiger partial charge < -0.3 is 9.84 Å². The minimum atomic E-state index is -0.229. The lowest BCUT2D eigenvalue weighted by atomic mass is 9.98. The smallest absolute Gasteiger partial charge is 0.173 e. The average molecular weight is 368 g/mol. The van der Waals surface area contributed by atoms with Crippen molar-refractivity contribution < 1.29 is 9.84 Å². The summed E-state index contributed by atoms with van der Waals surface area (Å²) in [6.45, 7) is 2.74. The number of aliphatic hydroxyl groups excluding tert-OH is 1. The molecule has 1 fully saturated rings. The van der Waals surface area contributed by atoms with Crippen LogP contribution in [-0.4, -0.2) is 68.1 Å². The van der Waals surface area contributed by atoms with Gasteiger partial charge in [0.1, 0.15) is 0 Å². The number of piperidine rings is 1. The van der Waals surface area contributed by atoms with Crippen molar-refractivity contribution in [3.05, 3.63) is 47.9 Å². The van der Waals surface area contributed by atoms with E-state index in [1.54, 1.807) is 13.3 Å². The van der Waals surface area contributed by atoms with Gasteiger partial charge in [0.2, 0.25) is 0 Å². The van der Waals surface area contributed by atoms with Gasteiger partial charge in [-0.1, -0.05) is 12.1 Å². The second-order valence-corrected chi connectivity index (χ2v) is 6.88. The van der Waals surface area contributed by atoms with Crippen LogP contribution in [0.4, 0.5) is 0 Å². The van der Waals surface area contributed by atoms with E-state index in [0.717, 1.165) is 48.2 Å². The van der Waals surface area contributed by atoms with Crippen LogP contribution in [0.3, 0.4) is 0 Å². The highest BCUT2D eigenvalue weighted by atomic mass is 16.5. The number of tetrazole rings is 1. The Balaban J connectivity index is 1.74. The summed E-state index contributed by atoms with van der Waals surface area (Å²) in [7, 11) is 1.67. The number of hydrogen-bond donors (Lipinski definition) is 1. The fourth-order valence-electron chi connectivity index (χ4n) is 3.68. The Kier molecular flexibility index (Phi) is 5.38. The zero-order valence-electron chi connectivity index (χ0n) is 15.4. The molecule has 0 saturated carbocycles. The van der Waals surface area contributed by atoms with E-state index in [1.807, 2.05) is 16.8 Å². The van der Waals surface area contributed by atoms with Gasteiger partial charge in [0.25, 0.3) is 0 Å². The second-order valence-electron chi connectivity index (χ2n) is 6.88. The van der Waals surface area contributed by atoms with Gasteiger partial charge in [0.05, 0.1) is 30.8 Å². The highest BCUT2D eigenvalue weighted by Gasteiger charge is 2.30. The Bertz CT molecular complexity index is 891. The van der Waals surface area contributed by atoms with E-state index in [9.17, 15) is 5.11 Å². The summed E-state index contributed by atoms with van der Waals surface area (Å²) < 4.78 is 7.01. The first-order chi connectivity index (χ1) is 13.3. The summed E-state index contributed by atoms with van der Waals surface area (Å²) in [5.74, 6) is 0.798. The van der Waals surface area contributed by atoms with Crippen molar-refractivity contribution in [1.29, 1.82) is 0 Å². The number of hydrogen-bond acceptors (Lipinski definition) is 7. The quantitative estimate of drug-likeness (QED) is 0.704. The number of aromatic nitrogens is 5. The number of pyridine rings is 1. The molecule has 0 spiro atoms. The molecular weight excluding hydrogens is 344 g/mol. The summed E-state index contributed by atoms with van der Waals surface area (Å²) in [4.78, 5) is 6.76. The summed E-state index contributed by atoms with van der Waals surface area (Å²) in [5.41, 5.74) is 2.09. The Labute approximate surface area is 157 Å². The summed E-state index contributed by atoms with van der Waals surface area (Å²) in [5, 5.41) is 23.4. The van der Waals surface area contributed by atoms with Crippen LogP contribution in [0.1, 0.15) is 30.3 Å². The predicted octanol–water partition coefficient (Wildman–Crippen LogP) is 1.41. The van der Waals surface area contributed by atoms with Gasteiger partial charge in [-0.05, 0) is 47.0 Å². The van der Waals surface area contributed by atoms with Gasteiger partial charge in [-0.3, -0.25) is 9.88 Å². The third kappa shape index (κ3) is 3.83. The maximum Gasteiger partial charge on any atom is 0.173 e. The normalized spacial score (nSPS) is 17.4. The number of methoxy groups -OCH3 is 1. The lowest BCUT2D eigenvalue weighted by Crippen LogP contribution is -2.40. The number of aliphatic hydroxyl groups is 1. The lowest BCUT2D eigenvalue weighted by Gasteiger charge is -2.35. The first kappa shape index (κ1) is 18.0. The van der Waals surface area contributed by atoms with Crippen LogP contribution < -0.4 is 0 Å². The molecular formula is C19H24N6O2. The van der Waals surface area contributed by atoms with Crippen molar-refractivity contribution >= 4 is 10.9 Å². The molecule has 3 aromatic rings. The van der Waals surface area contributed by atoms with Crippen LogP contribution >= 0.6 is 0 Å². The van der Waals surface area contributed by atoms with Crippen molar-refractivity contribution in [2.75, 3.05) is 26.8 Å². The number of nitrogens with zero attached hydrogens (tertiary/aromatic N) is 6. The number of likely N-dealkylation sites (tertiary alicyclic amines) is 1. The first-order valence-electron chi connectivity index (χ1n) is 9.28. The average Bonchev–Trinajstić information content (AvgIpc) is 3.16. The molecule has 1 aliphatic heterocycles. The van der Waals surface area contributed by atoms with E-state index >= 15 is 0 Å². The number of rotatable bonds is 6. The van der Waals surface area contributed by atoms with Crippen LogP contribution in [0.2, 0.25) is 0 Å². The Morgan fingerprint density at radius 2 is 2.11 bits per heavy atom. The molecule has 8 nitrogen and oxygen atoms in total. The Hall–Kier alpha value is -2.42. The molecule has 27 heavy (non-hydrogen) atoms. The van der Waals surface area contributed by atoms with Crippen molar-refractivity contribution in [1.82, 2.24) is 30.1 Å². The van der Waals surface area contributed by atoms with E-state index in [4.69, 9.17) is 4.74 Å². The van der Waals surface area contributed by atoms with Gasteiger partial charge in [-0.15, -0.1) is 5.10 Å². The van der Waals surface area contributed by atoms with E-state index in [0.29, 0.717) is 13.2 Å². The lowest BCUT2D eigenvalue weighted by molar-refractivity contribution is 0.0657. The third-order valence-corrected chi connectivity index (χ3v) is 5.12. The SMILES string of the molecule is COCCn1nnnc1C(c1ccc2ncccc2c1)N1CCC(O)CC1. The second kappa shape index (κ2) is 8.08. The first-order valence-corrected chi connectivity index (χ1v) is 9.28. The standard InChI is InChI=1S/C19H24N6O2/c1-27-12-11-25-19(21-22-23-25)18(24-9-6-16(26)7-10-24)15-4-5-17-14(13-15)3-2-8-20-17/h2-5,8,13,16,18,26H,6-7,9-12H2,1H3. The van der Waals surface area contributed by atoms with Gasteiger partial charge in [0, 0.05) is 31.8 Å². The summed E-state index contributed by atoms with van der Waals surface area (Å²) in [6.07, 6.45) is 3.08. The van der Waals surface area contributed by atoms with Crippen molar-refractivity contribution in [3.63, 3.8) is 0 Å². The van der Waals surface area contributed by atoms with Crippen molar-refractivity contribution in [3.8, 4) is 0 Å². The molecule has 0 amide bonds. The molecule has 1 aromatic carbocycles. The van der Waals surface area contributed by atoms with Crippen LogP contribution in [-0.2, 0) is 11.3 Å². The van der Waals surface area contributed by atoms with E-state index in [2.05, 4.69) is 43.6 Å². The fourth-order valence-corrected chi connectivity index (χ4v) is 3.68. The largest absolute Gasteiger partial charge is 0.393 e. The number of fused-ring (bicyclic) bond motifs is 1. The zero-order chi connectivity index (χ0) is 18.6. The molecule has 1 saturated heterocycles. The maximum atomic E-state index is 9.92. The Morgan fingerprint density at radius 1 is 1.26 bits per heavy atom. The molecule has 2 aromatic heterocycles.